The van der Waals surface area contributed by atoms with E-state index < -0.39 is 0 Å². The molecule has 20 heavy (non-hydrogen) atoms. The average Bonchev–Trinajstić information content (AvgIpc) is 2.44. The molecule has 0 aliphatic rings. The van der Waals surface area contributed by atoms with Crippen LogP contribution in [0.1, 0.15) is 21.5 Å². The number of nitrogen functional groups attached to an aromatic ring is 1. The molecule has 104 valence electrons. The van der Waals surface area contributed by atoms with E-state index in [1.54, 1.807) is 25.2 Å². The van der Waals surface area contributed by atoms with Gasteiger partial charge < -0.3 is 15.8 Å². The van der Waals surface area contributed by atoms with Crippen LogP contribution in [-0.4, -0.2) is 13.0 Å². The number of carbonyl (C=O) groups is 1. The van der Waals surface area contributed by atoms with Crippen LogP contribution in [0.15, 0.2) is 36.4 Å². The van der Waals surface area contributed by atoms with Crippen LogP contribution in [0.25, 0.3) is 0 Å². The number of ether oxygens (including phenoxy) is 1. The number of benzene rings is 2. The van der Waals surface area contributed by atoms with Crippen LogP contribution in [0, 0.1) is 13.8 Å². The second-order valence-electron chi connectivity index (χ2n) is 4.70. The van der Waals surface area contributed by atoms with Crippen molar-refractivity contribution in [2.75, 3.05) is 12.8 Å². The van der Waals surface area contributed by atoms with Gasteiger partial charge in [0.2, 0.25) is 0 Å². The fourth-order valence-corrected chi connectivity index (χ4v) is 1.86. The summed E-state index contributed by atoms with van der Waals surface area (Å²) in [6.07, 6.45) is 0. The summed E-state index contributed by atoms with van der Waals surface area (Å²) in [6, 6.07) is 11.0. The third-order valence-corrected chi connectivity index (χ3v) is 3.06. The number of nitrogens with two attached hydrogens (primary N) is 1. The fourth-order valence-electron chi connectivity index (χ4n) is 1.86. The Labute approximate surface area is 118 Å². The van der Waals surface area contributed by atoms with E-state index in [2.05, 4.69) is 5.32 Å². The van der Waals surface area contributed by atoms with Crippen molar-refractivity contribution in [3.05, 3.63) is 53.1 Å². The number of hydrogen-bond acceptors (Lipinski definition) is 3. The zero-order valence-electron chi connectivity index (χ0n) is 11.9. The second kappa shape index (κ2) is 5.65. The molecule has 2 aromatic carbocycles. The lowest BCUT2D eigenvalue weighted by Crippen LogP contribution is -2.17. The zero-order chi connectivity index (χ0) is 14.7. The molecule has 0 fully saturated rings. The molecule has 2 aromatic rings. The minimum absolute atomic E-state index is 0.171. The molecular weight excluding hydrogens is 252 g/mol. The first kappa shape index (κ1) is 13.9. The summed E-state index contributed by atoms with van der Waals surface area (Å²) in [5.74, 6) is 1.14. The van der Waals surface area contributed by atoms with Crippen LogP contribution in [-0.2, 0) is 0 Å². The smallest absolute Gasteiger partial charge is 0.251 e. The predicted octanol–water partition coefficient (Wildman–Crippen LogP) is 3.04. The van der Waals surface area contributed by atoms with Gasteiger partial charge in [0, 0.05) is 12.6 Å². The Morgan fingerprint density at radius 2 is 1.85 bits per heavy atom. The number of anilines is 1. The van der Waals surface area contributed by atoms with Crippen molar-refractivity contribution in [3.8, 4) is 11.5 Å². The van der Waals surface area contributed by atoms with Crippen molar-refractivity contribution in [2.24, 2.45) is 0 Å². The minimum atomic E-state index is -0.171. The van der Waals surface area contributed by atoms with E-state index in [0.29, 0.717) is 17.0 Å². The Kier molecular flexibility index (Phi) is 3.94. The summed E-state index contributed by atoms with van der Waals surface area (Å²) in [6.45, 7) is 3.98. The van der Waals surface area contributed by atoms with Gasteiger partial charge in [0.1, 0.15) is 11.5 Å². The van der Waals surface area contributed by atoms with Gasteiger partial charge >= 0.3 is 0 Å². The highest BCUT2D eigenvalue weighted by molar-refractivity contribution is 5.95. The molecule has 0 saturated carbocycles. The van der Waals surface area contributed by atoms with Crippen LogP contribution in [0.5, 0.6) is 11.5 Å². The van der Waals surface area contributed by atoms with Gasteiger partial charge in [-0.1, -0.05) is 12.1 Å². The summed E-state index contributed by atoms with van der Waals surface area (Å²) >= 11 is 0. The third-order valence-electron chi connectivity index (χ3n) is 3.06. The maximum Gasteiger partial charge on any atom is 0.251 e. The van der Waals surface area contributed by atoms with Gasteiger partial charge in [0.05, 0.1) is 5.69 Å². The van der Waals surface area contributed by atoms with Gasteiger partial charge in [-0.2, -0.15) is 0 Å². The zero-order valence-corrected chi connectivity index (χ0v) is 11.9. The average molecular weight is 270 g/mol. The lowest BCUT2D eigenvalue weighted by atomic mass is 10.1. The molecule has 0 radical (unpaired) electrons. The number of nitrogens with one attached hydrogen (secondary N) is 1. The number of carbonyl (C=O) groups excluding carboxylic acids is 1. The van der Waals surface area contributed by atoms with Crippen molar-refractivity contribution in [1.82, 2.24) is 5.32 Å². The van der Waals surface area contributed by atoms with E-state index in [9.17, 15) is 4.79 Å². The molecule has 2 rings (SSSR count). The molecule has 0 heterocycles. The number of aryl methyl sites for hydroxylation is 2. The van der Waals surface area contributed by atoms with Crippen molar-refractivity contribution in [1.29, 1.82) is 0 Å². The molecule has 0 saturated heterocycles. The predicted molar refractivity (Wildman–Crippen MR) is 80.2 cm³/mol. The molecule has 3 N–H and O–H groups in total. The van der Waals surface area contributed by atoms with E-state index in [1.807, 2.05) is 32.0 Å². The van der Waals surface area contributed by atoms with Crippen LogP contribution in [0.3, 0.4) is 0 Å². The molecule has 4 heteroatoms. The van der Waals surface area contributed by atoms with E-state index in [0.717, 1.165) is 16.9 Å². The second-order valence-corrected chi connectivity index (χ2v) is 4.70. The van der Waals surface area contributed by atoms with E-state index in [1.165, 1.54) is 0 Å². The molecule has 0 aliphatic carbocycles. The lowest BCUT2D eigenvalue weighted by molar-refractivity contribution is 0.0963. The minimum Gasteiger partial charge on any atom is -0.455 e. The van der Waals surface area contributed by atoms with Gasteiger partial charge in [-0.15, -0.1) is 0 Å². The molecule has 0 aliphatic heterocycles. The highest BCUT2D eigenvalue weighted by Gasteiger charge is 2.09. The summed E-state index contributed by atoms with van der Waals surface area (Å²) in [4.78, 5) is 11.5. The van der Waals surface area contributed by atoms with Gasteiger partial charge in [0.25, 0.3) is 5.91 Å². The Morgan fingerprint density at radius 1 is 1.10 bits per heavy atom. The summed E-state index contributed by atoms with van der Waals surface area (Å²) in [5, 5.41) is 2.56. The van der Waals surface area contributed by atoms with E-state index in [4.69, 9.17) is 10.5 Å². The lowest BCUT2D eigenvalue weighted by Gasteiger charge is -2.12. The first-order valence-corrected chi connectivity index (χ1v) is 6.38. The third kappa shape index (κ3) is 2.91. The van der Waals surface area contributed by atoms with Crippen LogP contribution in [0.2, 0.25) is 0 Å². The molecule has 1 amide bonds. The van der Waals surface area contributed by atoms with Gasteiger partial charge in [-0.3, -0.25) is 4.79 Å². The molecule has 0 atom stereocenters. The van der Waals surface area contributed by atoms with Crippen LogP contribution < -0.4 is 15.8 Å². The van der Waals surface area contributed by atoms with Crippen molar-refractivity contribution < 1.29 is 9.53 Å². The highest BCUT2D eigenvalue weighted by Crippen LogP contribution is 2.30. The maximum atomic E-state index is 11.5. The topological polar surface area (TPSA) is 64.3 Å². The highest BCUT2D eigenvalue weighted by atomic mass is 16.5. The molecular formula is C16H18N2O2. The Balaban J connectivity index is 2.30. The quantitative estimate of drug-likeness (QED) is 0.842. The van der Waals surface area contributed by atoms with Gasteiger partial charge in [-0.25, -0.2) is 0 Å². The largest absolute Gasteiger partial charge is 0.455 e. The first-order valence-electron chi connectivity index (χ1n) is 6.38. The van der Waals surface area contributed by atoms with E-state index in [-0.39, 0.29) is 5.91 Å². The Morgan fingerprint density at radius 3 is 2.50 bits per heavy atom. The summed E-state index contributed by atoms with van der Waals surface area (Å²) in [5.41, 5.74) is 9.04. The fraction of sp³-hybridized carbons (Fsp3) is 0.188. The van der Waals surface area contributed by atoms with Crippen LogP contribution in [0.4, 0.5) is 5.69 Å². The van der Waals surface area contributed by atoms with Crippen molar-refractivity contribution in [3.63, 3.8) is 0 Å². The van der Waals surface area contributed by atoms with Gasteiger partial charge in [-0.05, 0) is 49.2 Å². The molecule has 4 nitrogen and oxygen atoms in total. The first-order chi connectivity index (χ1) is 9.51. The van der Waals surface area contributed by atoms with Crippen molar-refractivity contribution >= 4 is 11.6 Å². The summed E-state index contributed by atoms with van der Waals surface area (Å²) < 4.78 is 5.83. The Bertz CT molecular complexity index is 651. The van der Waals surface area contributed by atoms with Crippen molar-refractivity contribution in [2.45, 2.75) is 13.8 Å². The number of hydrogen-bond donors (Lipinski definition) is 2. The standard InChI is InChI=1S/C16H18N2O2/c1-10-4-5-11(2)15(8-10)20-14-7-6-12(9-13(14)17)16(19)18-3/h4-9H,17H2,1-3H3,(H,18,19). The van der Waals surface area contributed by atoms with Crippen LogP contribution >= 0.6 is 0 Å². The van der Waals surface area contributed by atoms with Gasteiger partial charge in [0.15, 0.2) is 0 Å². The molecule has 0 aromatic heterocycles. The number of rotatable bonds is 3. The maximum absolute atomic E-state index is 11.5. The molecule has 0 unspecified atom stereocenters. The monoisotopic (exact) mass is 270 g/mol. The normalized spacial score (nSPS) is 10.2. The summed E-state index contributed by atoms with van der Waals surface area (Å²) in [7, 11) is 1.58. The Hall–Kier alpha value is -2.49. The number of amides is 1. The molecule has 0 bridgehead atoms. The SMILES string of the molecule is CNC(=O)c1ccc(Oc2cc(C)ccc2C)c(N)c1. The van der Waals surface area contributed by atoms with E-state index >= 15 is 0 Å². The molecule has 0 spiro atoms.